The van der Waals surface area contributed by atoms with Crippen LogP contribution in [0.25, 0.3) is 0 Å². The highest BCUT2D eigenvalue weighted by Gasteiger charge is 2.05. The van der Waals surface area contributed by atoms with Crippen molar-refractivity contribution < 1.29 is 4.74 Å². The summed E-state index contributed by atoms with van der Waals surface area (Å²) in [7, 11) is 3.62. The van der Waals surface area contributed by atoms with E-state index >= 15 is 0 Å². The van der Waals surface area contributed by atoms with Gasteiger partial charge < -0.3 is 10.1 Å². The van der Waals surface area contributed by atoms with Crippen molar-refractivity contribution in [3.63, 3.8) is 0 Å². The largest absolute Gasteiger partial charge is 0.497 e. The molecule has 0 atom stereocenters. The Morgan fingerprint density at radius 2 is 2.17 bits per heavy atom. The SMILES string of the molecule is CNCc1cccnc1Sc1cccc(OC)c1. The molecule has 3 nitrogen and oxygen atoms in total. The van der Waals surface area contributed by atoms with E-state index in [9.17, 15) is 0 Å². The number of nitrogens with one attached hydrogen (secondary N) is 1. The van der Waals surface area contributed by atoms with Gasteiger partial charge in [-0.25, -0.2) is 4.98 Å². The van der Waals surface area contributed by atoms with Gasteiger partial charge in [0.1, 0.15) is 10.8 Å². The third-order valence-electron chi connectivity index (χ3n) is 2.47. The minimum atomic E-state index is 0.820. The van der Waals surface area contributed by atoms with E-state index < -0.39 is 0 Å². The van der Waals surface area contributed by atoms with E-state index in [0.717, 1.165) is 22.2 Å². The summed E-state index contributed by atoms with van der Waals surface area (Å²) in [6.07, 6.45) is 1.82. The Labute approximate surface area is 112 Å². The van der Waals surface area contributed by atoms with Gasteiger partial charge in [0.05, 0.1) is 7.11 Å². The fourth-order valence-electron chi connectivity index (χ4n) is 1.62. The zero-order valence-electron chi connectivity index (χ0n) is 10.5. The molecule has 0 aliphatic rings. The fraction of sp³-hybridized carbons (Fsp3) is 0.214. The number of hydrogen-bond acceptors (Lipinski definition) is 4. The molecule has 0 radical (unpaired) electrons. The molecule has 4 heteroatoms. The summed E-state index contributed by atoms with van der Waals surface area (Å²) in [5.41, 5.74) is 1.20. The van der Waals surface area contributed by atoms with Gasteiger partial charge in [-0.15, -0.1) is 0 Å². The molecule has 0 spiro atoms. The predicted octanol–water partition coefficient (Wildman–Crippen LogP) is 2.96. The smallest absolute Gasteiger partial charge is 0.119 e. The monoisotopic (exact) mass is 260 g/mol. The molecule has 1 N–H and O–H groups in total. The Bertz CT molecular complexity index is 517. The number of pyridine rings is 1. The number of aromatic nitrogens is 1. The van der Waals surface area contributed by atoms with Crippen molar-refractivity contribution in [2.75, 3.05) is 14.2 Å². The zero-order chi connectivity index (χ0) is 12.8. The Morgan fingerprint density at radius 3 is 2.94 bits per heavy atom. The van der Waals surface area contributed by atoms with E-state index in [2.05, 4.69) is 22.4 Å². The minimum absolute atomic E-state index is 0.820. The average Bonchev–Trinajstić information content (AvgIpc) is 2.41. The molecule has 0 saturated carbocycles. The molecular weight excluding hydrogens is 244 g/mol. The Kier molecular flexibility index (Phi) is 4.61. The van der Waals surface area contributed by atoms with E-state index in [0.29, 0.717) is 0 Å². The van der Waals surface area contributed by atoms with Gasteiger partial charge in [0.15, 0.2) is 0 Å². The van der Waals surface area contributed by atoms with Gasteiger partial charge in [-0.3, -0.25) is 0 Å². The number of methoxy groups -OCH3 is 1. The topological polar surface area (TPSA) is 34.2 Å². The van der Waals surface area contributed by atoms with Crippen molar-refractivity contribution in [2.45, 2.75) is 16.5 Å². The van der Waals surface area contributed by atoms with E-state index in [1.54, 1.807) is 18.9 Å². The first-order chi connectivity index (χ1) is 8.83. The van der Waals surface area contributed by atoms with Gasteiger partial charge in [0, 0.05) is 17.6 Å². The predicted molar refractivity (Wildman–Crippen MR) is 74.1 cm³/mol. The maximum atomic E-state index is 5.22. The molecule has 0 bridgehead atoms. The number of rotatable bonds is 5. The van der Waals surface area contributed by atoms with E-state index in [-0.39, 0.29) is 0 Å². The fourth-order valence-corrected chi connectivity index (χ4v) is 2.55. The van der Waals surface area contributed by atoms with Gasteiger partial charge in [-0.05, 0) is 36.9 Å². The van der Waals surface area contributed by atoms with Crippen LogP contribution in [-0.2, 0) is 6.54 Å². The average molecular weight is 260 g/mol. The second kappa shape index (κ2) is 6.42. The minimum Gasteiger partial charge on any atom is -0.497 e. The maximum absolute atomic E-state index is 5.22. The molecule has 2 rings (SSSR count). The Hall–Kier alpha value is -1.52. The van der Waals surface area contributed by atoms with Gasteiger partial charge in [0.25, 0.3) is 0 Å². The first-order valence-electron chi connectivity index (χ1n) is 5.74. The van der Waals surface area contributed by atoms with E-state index in [1.165, 1.54) is 5.56 Å². The number of hydrogen-bond donors (Lipinski definition) is 1. The summed E-state index contributed by atoms with van der Waals surface area (Å²) in [6.45, 7) is 0.820. The van der Waals surface area contributed by atoms with Crippen molar-refractivity contribution >= 4 is 11.8 Å². The third kappa shape index (κ3) is 3.24. The van der Waals surface area contributed by atoms with Gasteiger partial charge in [-0.2, -0.15) is 0 Å². The van der Waals surface area contributed by atoms with Crippen molar-refractivity contribution in [1.82, 2.24) is 10.3 Å². The standard InChI is InChI=1S/C14H16N2OS/c1-15-10-11-5-4-8-16-14(11)18-13-7-3-6-12(9-13)17-2/h3-9,15H,10H2,1-2H3. The molecule has 0 amide bonds. The molecule has 18 heavy (non-hydrogen) atoms. The second-order valence-corrected chi connectivity index (χ2v) is 4.84. The number of ether oxygens (including phenoxy) is 1. The van der Waals surface area contributed by atoms with Crippen LogP contribution in [0.2, 0.25) is 0 Å². The first kappa shape index (κ1) is 12.9. The van der Waals surface area contributed by atoms with E-state index in [1.807, 2.05) is 37.5 Å². The first-order valence-corrected chi connectivity index (χ1v) is 6.55. The van der Waals surface area contributed by atoms with Crippen LogP contribution in [-0.4, -0.2) is 19.1 Å². The van der Waals surface area contributed by atoms with Crippen LogP contribution < -0.4 is 10.1 Å². The summed E-state index contributed by atoms with van der Waals surface area (Å²) in [6, 6.07) is 12.1. The maximum Gasteiger partial charge on any atom is 0.119 e. The lowest BCUT2D eigenvalue weighted by atomic mass is 10.3. The quantitative estimate of drug-likeness (QED) is 0.896. The molecule has 94 valence electrons. The normalized spacial score (nSPS) is 10.3. The second-order valence-electron chi connectivity index (χ2n) is 3.78. The molecule has 2 aromatic rings. The van der Waals surface area contributed by atoms with Crippen molar-refractivity contribution in [2.24, 2.45) is 0 Å². The highest BCUT2D eigenvalue weighted by molar-refractivity contribution is 7.99. The summed E-state index contributed by atoms with van der Waals surface area (Å²) in [5, 5.41) is 4.18. The highest BCUT2D eigenvalue weighted by Crippen LogP contribution is 2.30. The summed E-state index contributed by atoms with van der Waals surface area (Å²) >= 11 is 1.65. The van der Waals surface area contributed by atoms with Crippen LogP contribution in [0.15, 0.2) is 52.5 Å². The van der Waals surface area contributed by atoms with Crippen LogP contribution in [0.1, 0.15) is 5.56 Å². The highest BCUT2D eigenvalue weighted by atomic mass is 32.2. The van der Waals surface area contributed by atoms with Crippen LogP contribution in [0.4, 0.5) is 0 Å². The van der Waals surface area contributed by atoms with E-state index in [4.69, 9.17) is 4.74 Å². The molecule has 1 heterocycles. The molecule has 0 aliphatic carbocycles. The molecular formula is C14H16N2OS. The van der Waals surface area contributed by atoms with Gasteiger partial charge in [0.2, 0.25) is 0 Å². The zero-order valence-corrected chi connectivity index (χ0v) is 11.3. The molecule has 0 aliphatic heterocycles. The third-order valence-corrected chi connectivity index (χ3v) is 3.52. The molecule has 1 aromatic heterocycles. The van der Waals surface area contributed by atoms with Crippen molar-refractivity contribution in [1.29, 1.82) is 0 Å². The summed E-state index contributed by atoms with van der Waals surface area (Å²) in [5.74, 6) is 0.867. The number of benzene rings is 1. The van der Waals surface area contributed by atoms with Crippen LogP contribution >= 0.6 is 11.8 Å². The van der Waals surface area contributed by atoms with Crippen LogP contribution in [0, 0.1) is 0 Å². The van der Waals surface area contributed by atoms with Gasteiger partial charge >= 0.3 is 0 Å². The summed E-state index contributed by atoms with van der Waals surface area (Å²) < 4.78 is 5.22. The lowest BCUT2D eigenvalue weighted by molar-refractivity contribution is 0.413. The lowest BCUT2D eigenvalue weighted by Gasteiger charge is -2.08. The molecule has 0 saturated heterocycles. The molecule has 0 unspecified atom stereocenters. The van der Waals surface area contributed by atoms with Crippen LogP contribution in [0.3, 0.4) is 0 Å². The molecule has 0 fully saturated rings. The Morgan fingerprint density at radius 1 is 1.28 bits per heavy atom. The number of nitrogens with zero attached hydrogens (tertiary/aromatic N) is 1. The van der Waals surface area contributed by atoms with Crippen LogP contribution in [0.5, 0.6) is 5.75 Å². The van der Waals surface area contributed by atoms with Crippen molar-refractivity contribution in [3.8, 4) is 5.75 Å². The van der Waals surface area contributed by atoms with Gasteiger partial charge in [-0.1, -0.05) is 23.9 Å². The summed E-state index contributed by atoms with van der Waals surface area (Å²) in [4.78, 5) is 5.56. The molecule has 1 aromatic carbocycles. The Balaban J connectivity index is 2.22. The lowest BCUT2D eigenvalue weighted by Crippen LogP contribution is -2.06. The van der Waals surface area contributed by atoms with Crippen molar-refractivity contribution in [3.05, 3.63) is 48.2 Å².